The molecule has 0 spiro atoms. The van der Waals surface area contributed by atoms with E-state index in [1.54, 1.807) is 0 Å². The summed E-state index contributed by atoms with van der Waals surface area (Å²) in [6.45, 7) is 5.05. The monoisotopic (exact) mass is 472 g/mol. The molecule has 0 radical (unpaired) electrons. The summed E-state index contributed by atoms with van der Waals surface area (Å²) < 4.78 is 0. The van der Waals surface area contributed by atoms with Gasteiger partial charge in [-0.3, -0.25) is 14.4 Å². The summed E-state index contributed by atoms with van der Waals surface area (Å²) in [5.74, 6) is -1.94. The van der Waals surface area contributed by atoms with Crippen LogP contribution in [0.15, 0.2) is 30.3 Å². The maximum atomic E-state index is 13.4. The fraction of sp³-hybridized carbons (Fsp3) is 0.600. The van der Waals surface area contributed by atoms with Crippen molar-refractivity contribution in [3.8, 4) is 0 Å². The number of carbonyl (C=O) groups is 4. The van der Waals surface area contributed by atoms with Crippen molar-refractivity contribution in [1.29, 1.82) is 0 Å². The van der Waals surface area contributed by atoms with Crippen molar-refractivity contribution in [2.45, 2.75) is 76.5 Å². The van der Waals surface area contributed by atoms with Crippen LogP contribution < -0.4 is 16.0 Å². The Bertz CT molecular complexity index is 869. The number of nitrogens with one attached hydrogen (secondary N) is 3. The van der Waals surface area contributed by atoms with Crippen molar-refractivity contribution < 1.29 is 24.3 Å². The molecule has 2 saturated heterocycles. The number of likely N-dealkylation sites (tertiary alicyclic amines) is 1. The van der Waals surface area contributed by atoms with Gasteiger partial charge in [-0.05, 0) is 50.1 Å². The maximum absolute atomic E-state index is 13.4. The van der Waals surface area contributed by atoms with E-state index in [4.69, 9.17) is 0 Å². The quantitative estimate of drug-likeness (QED) is 0.403. The lowest BCUT2D eigenvalue weighted by Crippen LogP contribution is -2.57. The molecule has 3 amide bonds. The molecule has 2 heterocycles. The molecule has 0 bridgehead atoms. The minimum Gasteiger partial charge on any atom is -0.480 e. The summed E-state index contributed by atoms with van der Waals surface area (Å²) in [5, 5.41) is 18.4. The number of aliphatic carboxylic acids is 1. The second-order valence-electron chi connectivity index (χ2n) is 9.62. The molecule has 3 rings (SSSR count). The Morgan fingerprint density at radius 3 is 2.41 bits per heavy atom. The average Bonchev–Trinajstić information content (AvgIpc) is 3.50. The summed E-state index contributed by atoms with van der Waals surface area (Å²) in [4.78, 5) is 52.5. The van der Waals surface area contributed by atoms with Gasteiger partial charge in [-0.15, -0.1) is 0 Å². The second-order valence-corrected chi connectivity index (χ2v) is 9.62. The first kappa shape index (κ1) is 25.7. The van der Waals surface area contributed by atoms with E-state index in [0.717, 1.165) is 24.9 Å². The van der Waals surface area contributed by atoms with Gasteiger partial charge in [0.05, 0.1) is 6.04 Å². The normalized spacial score (nSPS) is 21.8. The molecule has 34 heavy (non-hydrogen) atoms. The highest BCUT2D eigenvalue weighted by atomic mass is 16.4. The number of nitrogens with zero attached hydrogens (tertiary/aromatic N) is 1. The highest BCUT2D eigenvalue weighted by Crippen LogP contribution is 2.20. The van der Waals surface area contributed by atoms with Gasteiger partial charge in [-0.25, -0.2) is 4.79 Å². The fourth-order valence-electron chi connectivity index (χ4n) is 4.69. The first-order valence-corrected chi connectivity index (χ1v) is 12.2. The number of carboxylic acid groups (broad SMARTS) is 1. The first-order chi connectivity index (χ1) is 16.3. The van der Waals surface area contributed by atoms with Crippen LogP contribution in [0.3, 0.4) is 0 Å². The Balaban J connectivity index is 1.77. The number of benzene rings is 1. The predicted octanol–water partition coefficient (Wildman–Crippen LogP) is 1.07. The van der Waals surface area contributed by atoms with Gasteiger partial charge in [0, 0.05) is 13.0 Å². The number of amides is 3. The van der Waals surface area contributed by atoms with Crippen molar-refractivity contribution in [2.75, 3.05) is 13.1 Å². The average molecular weight is 473 g/mol. The third kappa shape index (κ3) is 6.79. The molecule has 1 aromatic carbocycles. The summed E-state index contributed by atoms with van der Waals surface area (Å²) >= 11 is 0. The lowest BCUT2D eigenvalue weighted by atomic mass is 10.00. The number of hydrogen-bond acceptors (Lipinski definition) is 5. The van der Waals surface area contributed by atoms with Crippen molar-refractivity contribution in [3.05, 3.63) is 35.9 Å². The lowest BCUT2D eigenvalue weighted by molar-refractivity contribution is -0.149. The molecule has 0 aliphatic carbocycles. The number of hydrogen-bond donors (Lipinski definition) is 4. The minimum atomic E-state index is -1.04. The molecule has 186 valence electrons. The zero-order valence-corrected chi connectivity index (χ0v) is 20.0. The molecule has 9 heteroatoms. The Hall–Kier alpha value is -2.94. The van der Waals surface area contributed by atoms with Crippen LogP contribution in [0.1, 0.15) is 51.5 Å². The van der Waals surface area contributed by atoms with Crippen LogP contribution in [0.2, 0.25) is 0 Å². The maximum Gasteiger partial charge on any atom is 0.326 e. The highest BCUT2D eigenvalue weighted by molar-refractivity contribution is 5.94. The third-order valence-corrected chi connectivity index (χ3v) is 6.44. The Morgan fingerprint density at radius 1 is 1.06 bits per heavy atom. The largest absolute Gasteiger partial charge is 0.480 e. The molecule has 0 saturated carbocycles. The van der Waals surface area contributed by atoms with Crippen LogP contribution in [0.4, 0.5) is 0 Å². The van der Waals surface area contributed by atoms with E-state index in [0.29, 0.717) is 25.8 Å². The highest BCUT2D eigenvalue weighted by Gasteiger charge is 2.38. The predicted molar refractivity (Wildman–Crippen MR) is 127 cm³/mol. The van der Waals surface area contributed by atoms with Gasteiger partial charge in [-0.2, -0.15) is 0 Å². The van der Waals surface area contributed by atoms with E-state index in [1.807, 2.05) is 44.2 Å². The van der Waals surface area contributed by atoms with Crippen LogP contribution in [-0.4, -0.2) is 71.0 Å². The summed E-state index contributed by atoms with van der Waals surface area (Å²) in [7, 11) is 0. The molecule has 2 fully saturated rings. The van der Waals surface area contributed by atoms with E-state index in [-0.39, 0.29) is 24.3 Å². The molecule has 2 aliphatic rings. The zero-order valence-electron chi connectivity index (χ0n) is 20.0. The van der Waals surface area contributed by atoms with Crippen molar-refractivity contribution in [1.82, 2.24) is 20.9 Å². The van der Waals surface area contributed by atoms with Crippen LogP contribution >= 0.6 is 0 Å². The molecular weight excluding hydrogens is 436 g/mol. The summed E-state index contributed by atoms with van der Waals surface area (Å²) in [5.41, 5.74) is 0.854. The fourth-order valence-corrected chi connectivity index (χ4v) is 4.69. The SMILES string of the molecule is CC(C)C[C@H](NC(=O)[C@@H]1CCCN1)C(=O)N[C@@H](Cc1ccccc1)C(=O)N1CCC[C@H]1C(=O)O. The van der Waals surface area contributed by atoms with E-state index < -0.39 is 35.9 Å². The zero-order chi connectivity index (χ0) is 24.7. The lowest BCUT2D eigenvalue weighted by Gasteiger charge is -2.29. The molecule has 1 aromatic rings. The van der Waals surface area contributed by atoms with Crippen molar-refractivity contribution >= 4 is 23.7 Å². The number of carboxylic acids is 1. The standard InChI is InChI=1S/C25H36N4O5/c1-16(2)14-19(27-22(30)18-10-6-12-26-18)23(31)28-20(15-17-8-4-3-5-9-17)24(32)29-13-7-11-21(29)25(33)34/h3-5,8-9,16,18-21,26H,6-7,10-15H2,1-2H3,(H,27,30)(H,28,31)(H,33,34)/t18-,19-,20-,21-/m0/s1. The van der Waals surface area contributed by atoms with Gasteiger partial charge in [0.1, 0.15) is 18.1 Å². The molecule has 4 N–H and O–H groups in total. The van der Waals surface area contributed by atoms with Crippen molar-refractivity contribution in [2.24, 2.45) is 5.92 Å². The first-order valence-electron chi connectivity index (χ1n) is 12.2. The van der Waals surface area contributed by atoms with Crippen molar-refractivity contribution in [3.63, 3.8) is 0 Å². The smallest absolute Gasteiger partial charge is 0.326 e. The van der Waals surface area contributed by atoms with E-state index in [2.05, 4.69) is 16.0 Å². The van der Waals surface area contributed by atoms with Gasteiger partial charge in [0.15, 0.2) is 0 Å². The van der Waals surface area contributed by atoms with Crippen LogP contribution in [0.25, 0.3) is 0 Å². The molecule has 2 aliphatic heterocycles. The van der Waals surface area contributed by atoms with Gasteiger partial charge in [0.2, 0.25) is 17.7 Å². The van der Waals surface area contributed by atoms with Gasteiger partial charge >= 0.3 is 5.97 Å². The van der Waals surface area contributed by atoms with Gasteiger partial charge in [0.25, 0.3) is 0 Å². The summed E-state index contributed by atoms with van der Waals surface area (Å²) in [6.07, 6.45) is 3.30. The molecular formula is C25H36N4O5. The Kier molecular flexibility index (Phi) is 9.04. The van der Waals surface area contributed by atoms with Crippen LogP contribution in [0.5, 0.6) is 0 Å². The van der Waals surface area contributed by atoms with Crippen LogP contribution in [-0.2, 0) is 25.6 Å². The van der Waals surface area contributed by atoms with Gasteiger partial charge in [-0.1, -0.05) is 44.2 Å². The summed E-state index contributed by atoms with van der Waals surface area (Å²) in [6, 6.07) is 6.39. The third-order valence-electron chi connectivity index (χ3n) is 6.44. The van der Waals surface area contributed by atoms with Crippen LogP contribution in [0, 0.1) is 5.92 Å². The number of rotatable bonds is 10. The van der Waals surface area contributed by atoms with E-state index in [1.165, 1.54) is 4.90 Å². The Labute approximate surface area is 200 Å². The molecule has 9 nitrogen and oxygen atoms in total. The minimum absolute atomic E-state index is 0.144. The Morgan fingerprint density at radius 2 is 1.79 bits per heavy atom. The molecule has 0 aromatic heterocycles. The van der Waals surface area contributed by atoms with E-state index >= 15 is 0 Å². The molecule has 0 unspecified atom stereocenters. The number of carbonyl (C=O) groups excluding carboxylic acids is 3. The topological polar surface area (TPSA) is 128 Å². The van der Waals surface area contributed by atoms with E-state index in [9.17, 15) is 24.3 Å². The molecule has 4 atom stereocenters. The second kappa shape index (κ2) is 12.0. The van der Waals surface area contributed by atoms with Gasteiger partial charge < -0.3 is 26.0 Å².